The number of piperazine rings is 1. The Morgan fingerprint density at radius 1 is 1.29 bits per heavy atom. The van der Waals surface area contributed by atoms with E-state index in [0.29, 0.717) is 25.2 Å². The molecular weight excluding hydrogens is 264 g/mol. The first kappa shape index (κ1) is 15.9. The minimum atomic E-state index is 0.0276. The molecule has 1 amide bonds. The van der Waals surface area contributed by atoms with Crippen LogP contribution in [0.15, 0.2) is 24.3 Å². The molecule has 0 aromatic heterocycles. The van der Waals surface area contributed by atoms with Crippen molar-refractivity contribution in [3.63, 3.8) is 0 Å². The second-order valence-corrected chi connectivity index (χ2v) is 5.97. The van der Waals surface area contributed by atoms with Crippen LogP contribution in [0.25, 0.3) is 0 Å². The Morgan fingerprint density at radius 3 is 2.52 bits per heavy atom. The molecule has 1 fully saturated rings. The standard InChI is InChI=1S/C16H26N4O/c1-12-9-20(10-13(2)19(12)3)11-16(21)18-15-7-5-4-6-14(15)8-17/h4-7,12-13H,8-11,17H2,1-3H3,(H,18,21). The molecule has 2 unspecified atom stereocenters. The van der Waals surface area contributed by atoms with E-state index in [-0.39, 0.29) is 5.91 Å². The summed E-state index contributed by atoms with van der Waals surface area (Å²) in [6.45, 7) is 7.11. The summed E-state index contributed by atoms with van der Waals surface area (Å²) in [6.07, 6.45) is 0. The zero-order valence-electron chi connectivity index (χ0n) is 13.2. The van der Waals surface area contributed by atoms with Gasteiger partial charge in [-0.25, -0.2) is 0 Å². The van der Waals surface area contributed by atoms with Crippen LogP contribution in [0.5, 0.6) is 0 Å². The van der Waals surface area contributed by atoms with E-state index in [4.69, 9.17) is 5.73 Å². The molecule has 5 nitrogen and oxygen atoms in total. The Morgan fingerprint density at radius 2 is 1.90 bits per heavy atom. The summed E-state index contributed by atoms with van der Waals surface area (Å²) in [6, 6.07) is 8.62. The van der Waals surface area contributed by atoms with Crippen LogP contribution in [-0.4, -0.2) is 54.5 Å². The number of benzene rings is 1. The van der Waals surface area contributed by atoms with Crippen LogP contribution in [0.2, 0.25) is 0 Å². The molecule has 3 N–H and O–H groups in total. The molecule has 1 aromatic carbocycles. The van der Waals surface area contributed by atoms with Gasteiger partial charge in [0.05, 0.1) is 6.54 Å². The van der Waals surface area contributed by atoms with Gasteiger partial charge in [-0.05, 0) is 32.5 Å². The number of nitrogens with one attached hydrogen (secondary N) is 1. The topological polar surface area (TPSA) is 61.6 Å². The Labute approximate surface area is 127 Å². The van der Waals surface area contributed by atoms with Gasteiger partial charge in [-0.3, -0.25) is 14.6 Å². The fraction of sp³-hybridized carbons (Fsp3) is 0.562. The summed E-state index contributed by atoms with van der Waals surface area (Å²) < 4.78 is 0. The molecule has 1 heterocycles. The molecule has 1 aliphatic rings. The zero-order chi connectivity index (χ0) is 15.4. The zero-order valence-corrected chi connectivity index (χ0v) is 13.2. The summed E-state index contributed by atoms with van der Waals surface area (Å²) in [7, 11) is 2.14. The van der Waals surface area contributed by atoms with Gasteiger partial charge in [0.2, 0.25) is 5.91 Å². The van der Waals surface area contributed by atoms with Crippen molar-refractivity contribution >= 4 is 11.6 Å². The van der Waals surface area contributed by atoms with Crippen LogP contribution in [0.3, 0.4) is 0 Å². The van der Waals surface area contributed by atoms with Gasteiger partial charge in [-0.15, -0.1) is 0 Å². The third-order valence-corrected chi connectivity index (χ3v) is 4.31. The van der Waals surface area contributed by atoms with Crippen molar-refractivity contribution in [3.05, 3.63) is 29.8 Å². The van der Waals surface area contributed by atoms with Crippen LogP contribution < -0.4 is 11.1 Å². The van der Waals surface area contributed by atoms with Crippen LogP contribution >= 0.6 is 0 Å². The number of hydrogen-bond donors (Lipinski definition) is 2. The number of carbonyl (C=O) groups is 1. The van der Waals surface area contributed by atoms with Gasteiger partial charge < -0.3 is 11.1 Å². The van der Waals surface area contributed by atoms with Crippen molar-refractivity contribution in [3.8, 4) is 0 Å². The number of amides is 1. The maximum absolute atomic E-state index is 12.2. The van der Waals surface area contributed by atoms with E-state index in [2.05, 4.69) is 36.0 Å². The Balaban J connectivity index is 1.93. The van der Waals surface area contributed by atoms with Gasteiger partial charge in [-0.1, -0.05) is 18.2 Å². The SMILES string of the molecule is CC1CN(CC(=O)Nc2ccccc2CN)CC(C)N1C. The lowest BCUT2D eigenvalue weighted by Gasteiger charge is -2.42. The first-order valence-corrected chi connectivity index (χ1v) is 7.53. The van der Waals surface area contributed by atoms with Gasteiger partial charge in [0.1, 0.15) is 0 Å². The highest BCUT2D eigenvalue weighted by atomic mass is 16.2. The minimum absolute atomic E-state index is 0.0276. The van der Waals surface area contributed by atoms with Crippen molar-refractivity contribution < 1.29 is 4.79 Å². The number of nitrogens with two attached hydrogens (primary N) is 1. The summed E-state index contributed by atoms with van der Waals surface area (Å²) in [4.78, 5) is 16.8. The lowest BCUT2D eigenvalue weighted by Crippen LogP contribution is -2.56. The van der Waals surface area contributed by atoms with Crippen LogP contribution in [0.1, 0.15) is 19.4 Å². The van der Waals surface area contributed by atoms with Gasteiger partial charge in [0, 0.05) is 37.4 Å². The van der Waals surface area contributed by atoms with E-state index in [1.165, 1.54) is 0 Å². The van der Waals surface area contributed by atoms with Crippen LogP contribution in [0.4, 0.5) is 5.69 Å². The predicted octanol–water partition coefficient (Wildman–Crippen LogP) is 1.11. The number of carbonyl (C=O) groups excluding carboxylic acids is 1. The lowest BCUT2D eigenvalue weighted by molar-refractivity contribution is -0.118. The molecule has 0 radical (unpaired) electrons. The summed E-state index contributed by atoms with van der Waals surface area (Å²) >= 11 is 0. The second kappa shape index (κ2) is 7.02. The predicted molar refractivity (Wildman–Crippen MR) is 86.1 cm³/mol. The van der Waals surface area contributed by atoms with E-state index in [1.807, 2.05) is 24.3 Å². The van der Waals surface area contributed by atoms with Gasteiger partial charge >= 0.3 is 0 Å². The maximum Gasteiger partial charge on any atom is 0.238 e. The van der Waals surface area contributed by atoms with Gasteiger partial charge in [0.25, 0.3) is 0 Å². The third-order valence-electron chi connectivity index (χ3n) is 4.31. The van der Waals surface area contributed by atoms with E-state index >= 15 is 0 Å². The number of hydrogen-bond acceptors (Lipinski definition) is 4. The monoisotopic (exact) mass is 290 g/mol. The Kier molecular flexibility index (Phi) is 5.33. The largest absolute Gasteiger partial charge is 0.326 e. The number of nitrogens with zero attached hydrogens (tertiary/aromatic N) is 2. The minimum Gasteiger partial charge on any atom is -0.326 e. The fourth-order valence-electron chi connectivity index (χ4n) is 2.86. The van der Waals surface area contributed by atoms with Crippen LogP contribution in [0, 0.1) is 0 Å². The number of anilines is 1. The first-order chi connectivity index (χ1) is 10.0. The van der Waals surface area contributed by atoms with Crippen molar-refractivity contribution in [2.24, 2.45) is 5.73 Å². The summed E-state index contributed by atoms with van der Waals surface area (Å²) in [5.74, 6) is 0.0276. The Hall–Kier alpha value is -1.43. The summed E-state index contributed by atoms with van der Waals surface area (Å²) in [5.41, 5.74) is 7.48. The molecule has 2 atom stereocenters. The smallest absolute Gasteiger partial charge is 0.238 e. The van der Waals surface area contributed by atoms with Gasteiger partial charge in [-0.2, -0.15) is 0 Å². The molecule has 21 heavy (non-hydrogen) atoms. The Bertz CT molecular complexity index is 479. The molecule has 0 aliphatic carbocycles. The first-order valence-electron chi connectivity index (χ1n) is 7.53. The van der Waals surface area contributed by atoms with E-state index in [9.17, 15) is 4.79 Å². The fourth-order valence-corrected chi connectivity index (χ4v) is 2.86. The number of likely N-dealkylation sites (N-methyl/N-ethyl adjacent to an activating group) is 1. The highest BCUT2D eigenvalue weighted by Crippen LogP contribution is 2.15. The molecule has 116 valence electrons. The van der Waals surface area contributed by atoms with Crippen molar-refractivity contribution in [1.82, 2.24) is 9.80 Å². The number of para-hydroxylation sites is 1. The quantitative estimate of drug-likeness (QED) is 0.872. The molecule has 2 rings (SSSR count). The third kappa shape index (κ3) is 4.03. The molecule has 0 bridgehead atoms. The summed E-state index contributed by atoms with van der Waals surface area (Å²) in [5, 5.41) is 2.98. The normalized spacial score (nSPS) is 24.0. The van der Waals surface area contributed by atoms with E-state index in [1.54, 1.807) is 0 Å². The molecule has 1 aromatic rings. The maximum atomic E-state index is 12.2. The average Bonchev–Trinajstić information content (AvgIpc) is 2.45. The molecule has 0 spiro atoms. The highest BCUT2D eigenvalue weighted by Gasteiger charge is 2.27. The second-order valence-electron chi connectivity index (χ2n) is 5.97. The number of rotatable bonds is 4. The van der Waals surface area contributed by atoms with E-state index < -0.39 is 0 Å². The van der Waals surface area contributed by atoms with Gasteiger partial charge in [0.15, 0.2) is 0 Å². The highest BCUT2D eigenvalue weighted by molar-refractivity contribution is 5.93. The lowest BCUT2D eigenvalue weighted by atomic mass is 10.1. The average molecular weight is 290 g/mol. The molecule has 1 saturated heterocycles. The van der Waals surface area contributed by atoms with E-state index in [0.717, 1.165) is 24.3 Å². The molecule has 0 saturated carbocycles. The van der Waals surface area contributed by atoms with Crippen molar-refractivity contribution in [2.75, 3.05) is 32.0 Å². The molecular formula is C16H26N4O. The van der Waals surface area contributed by atoms with Crippen molar-refractivity contribution in [1.29, 1.82) is 0 Å². The molecule has 5 heteroatoms. The van der Waals surface area contributed by atoms with Crippen molar-refractivity contribution in [2.45, 2.75) is 32.5 Å². The van der Waals surface area contributed by atoms with Crippen LogP contribution in [-0.2, 0) is 11.3 Å². The molecule has 1 aliphatic heterocycles.